The van der Waals surface area contributed by atoms with Crippen LogP contribution in [-0.2, 0) is 11.2 Å². The molecule has 4 rings (SSSR count). The number of imidazole rings is 1. The van der Waals surface area contributed by atoms with Gasteiger partial charge in [0.1, 0.15) is 0 Å². The van der Waals surface area contributed by atoms with Gasteiger partial charge in [0.15, 0.2) is 5.69 Å². The van der Waals surface area contributed by atoms with E-state index in [-0.39, 0.29) is 12.5 Å². The Morgan fingerprint density at radius 1 is 1.36 bits per heavy atom. The summed E-state index contributed by atoms with van der Waals surface area (Å²) in [5, 5.41) is 13.9. The van der Waals surface area contributed by atoms with Crippen LogP contribution < -0.4 is 0 Å². The molecule has 0 radical (unpaired) electrons. The molecular weight excluding hydrogens is 354 g/mol. The maximum Gasteiger partial charge on any atom is 0.359 e. The van der Waals surface area contributed by atoms with E-state index in [4.69, 9.17) is 4.74 Å². The van der Waals surface area contributed by atoms with E-state index in [9.17, 15) is 10.1 Å². The molecule has 0 saturated heterocycles. The topological polar surface area (TPSA) is 85.7 Å². The summed E-state index contributed by atoms with van der Waals surface area (Å²) in [7, 11) is 0. The van der Waals surface area contributed by atoms with E-state index in [2.05, 4.69) is 16.2 Å². The monoisotopic (exact) mass is 375 g/mol. The number of aromatic nitrogens is 4. The Balaban J connectivity index is 1.88. The Morgan fingerprint density at radius 2 is 2.18 bits per heavy atom. The van der Waals surface area contributed by atoms with Crippen molar-refractivity contribution in [3.05, 3.63) is 59.7 Å². The molecule has 0 bridgehead atoms. The van der Waals surface area contributed by atoms with Crippen LogP contribution in [0.3, 0.4) is 0 Å². The predicted molar refractivity (Wildman–Crippen MR) is 103 cm³/mol. The van der Waals surface area contributed by atoms with Gasteiger partial charge in [0.2, 0.25) is 5.95 Å². The first-order valence-corrected chi connectivity index (χ1v) is 9.49. The minimum Gasteiger partial charge on any atom is -0.461 e. The Labute approximate surface area is 163 Å². The fourth-order valence-corrected chi connectivity index (χ4v) is 3.87. The molecule has 1 unspecified atom stereocenters. The zero-order valence-electron chi connectivity index (χ0n) is 15.7. The van der Waals surface area contributed by atoms with Gasteiger partial charge in [0, 0.05) is 36.0 Å². The van der Waals surface area contributed by atoms with Crippen LogP contribution in [0.15, 0.2) is 42.7 Å². The van der Waals surface area contributed by atoms with Crippen LogP contribution in [0.1, 0.15) is 53.8 Å². The van der Waals surface area contributed by atoms with Crippen LogP contribution in [0.25, 0.3) is 11.6 Å². The van der Waals surface area contributed by atoms with Crippen molar-refractivity contribution in [3.63, 3.8) is 0 Å². The Kier molecular flexibility index (Phi) is 4.94. The average Bonchev–Trinajstić information content (AvgIpc) is 3.34. The molecule has 3 aromatic rings. The molecule has 0 amide bonds. The number of hydrogen-bond acceptors (Lipinski definition) is 5. The predicted octanol–water partition coefficient (Wildman–Crippen LogP) is 3.57. The van der Waals surface area contributed by atoms with Crippen molar-refractivity contribution >= 4 is 5.97 Å². The molecule has 142 valence electrons. The lowest BCUT2D eigenvalue weighted by molar-refractivity contribution is 0.0517. The first-order chi connectivity index (χ1) is 13.7. The number of carbonyl (C=O) groups is 1. The van der Waals surface area contributed by atoms with Gasteiger partial charge in [-0.2, -0.15) is 10.4 Å². The highest BCUT2D eigenvalue weighted by Crippen LogP contribution is 2.37. The third-order valence-electron chi connectivity index (χ3n) is 5.05. The number of nitriles is 1. The molecule has 0 saturated carbocycles. The first-order valence-electron chi connectivity index (χ1n) is 9.49. The fraction of sp³-hybridized carbons (Fsp3) is 0.333. The minimum atomic E-state index is -0.444. The van der Waals surface area contributed by atoms with Gasteiger partial charge in [-0.1, -0.05) is 18.2 Å². The number of benzene rings is 1. The van der Waals surface area contributed by atoms with Crippen LogP contribution in [0.5, 0.6) is 0 Å². The summed E-state index contributed by atoms with van der Waals surface area (Å²) in [6.07, 6.45) is 6.54. The van der Waals surface area contributed by atoms with Crippen LogP contribution in [-0.4, -0.2) is 31.9 Å². The average molecular weight is 375 g/mol. The molecule has 28 heavy (non-hydrogen) atoms. The number of esters is 1. The molecule has 0 N–H and O–H groups in total. The second kappa shape index (κ2) is 7.69. The Morgan fingerprint density at radius 3 is 2.93 bits per heavy atom. The summed E-state index contributed by atoms with van der Waals surface area (Å²) >= 11 is 0. The van der Waals surface area contributed by atoms with Crippen LogP contribution in [0, 0.1) is 11.3 Å². The van der Waals surface area contributed by atoms with E-state index in [0.717, 1.165) is 36.2 Å². The fourth-order valence-electron chi connectivity index (χ4n) is 3.87. The van der Waals surface area contributed by atoms with Gasteiger partial charge in [-0.15, -0.1) is 0 Å². The summed E-state index contributed by atoms with van der Waals surface area (Å²) in [4.78, 5) is 17.1. The van der Waals surface area contributed by atoms with Crippen molar-refractivity contribution < 1.29 is 9.53 Å². The zero-order valence-corrected chi connectivity index (χ0v) is 15.7. The largest absolute Gasteiger partial charge is 0.461 e. The van der Waals surface area contributed by atoms with E-state index >= 15 is 0 Å². The maximum absolute atomic E-state index is 12.6. The van der Waals surface area contributed by atoms with Crippen LogP contribution >= 0.6 is 0 Å². The van der Waals surface area contributed by atoms with Gasteiger partial charge in [0.25, 0.3) is 0 Å². The standard InChI is InChI=1S/C21H21N5O2/c1-2-28-20(27)19-18-15(11-12-22)7-6-10-17(18)26(24-19)21-23-13-14-25(21)16-8-4-3-5-9-16/h3-5,8-9,13-15H,2,6-7,10-11H2,1H3. The molecule has 1 aromatic carbocycles. The summed E-state index contributed by atoms with van der Waals surface area (Å²) in [6.45, 7) is 2.05. The summed E-state index contributed by atoms with van der Waals surface area (Å²) in [6, 6.07) is 12.1. The number of carbonyl (C=O) groups excluding carboxylic acids is 1. The summed E-state index contributed by atoms with van der Waals surface area (Å²) < 4.78 is 8.93. The van der Waals surface area contributed by atoms with Gasteiger partial charge >= 0.3 is 5.97 Å². The molecular formula is C21H21N5O2. The smallest absolute Gasteiger partial charge is 0.359 e. The molecule has 0 fully saturated rings. The zero-order chi connectivity index (χ0) is 19.5. The molecule has 0 aliphatic heterocycles. The van der Waals surface area contributed by atoms with E-state index in [1.165, 1.54) is 0 Å². The maximum atomic E-state index is 12.6. The van der Waals surface area contributed by atoms with E-state index in [1.807, 2.05) is 41.1 Å². The van der Waals surface area contributed by atoms with Crippen molar-refractivity contribution in [2.75, 3.05) is 6.61 Å². The molecule has 1 aliphatic rings. The summed E-state index contributed by atoms with van der Waals surface area (Å²) in [5.41, 5.74) is 3.05. The van der Waals surface area contributed by atoms with Crippen molar-refractivity contribution in [1.29, 1.82) is 5.26 Å². The molecule has 7 heteroatoms. The van der Waals surface area contributed by atoms with E-state index < -0.39 is 5.97 Å². The highest BCUT2D eigenvalue weighted by atomic mass is 16.5. The second-order valence-electron chi connectivity index (χ2n) is 6.73. The minimum absolute atomic E-state index is 0.0120. The summed E-state index contributed by atoms with van der Waals surface area (Å²) in [5.74, 6) is 0.165. The normalized spacial score (nSPS) is 15.6. The molecule has 2 aromatic heterocycles. The third-order valence-corrected chi connectivity index (χ3v) is 5.05. The van der Waals surface area contributed by atoms with Gasteiger partial charge in [0.05, 0.1) is 18.4 Å². The lowest BCUT2D eigenvalue weighted by Gasteiger charge is -2.21. The second-order valence-corrected chi connectivity index (χ2v) is 6.73. The van der Waals surface area contributed by atoms with Crippen molar-refractivity contribution in [3.8, 4) is 17.7 Å². The van der Waals surface area contributed by atoms with Gasteiger partial charge < -0.3 is 4.74 Å². The van der Waals surface area contributed by atoms with Crippen molar-refractivity contribution in [2.24, 2.45) is 0 Å². The van der Waals surface area contributed by atoms with E-state index in [0.29, 0.717) is 18.1 Å². The lowest BCUT2D eigenvalue weighted by atomic mass is 9.83. The Bertz CT molecular complexity index is 1030. The molecule has 1 aliphatic carbocycles. The number of hydrogen-bond donors (Lipinski definition) is 0. The van der Waals surface area contributed by atoms with Gasteiger partial charge in [-0.25, -0.2) is 14.5 Å². The molecule has 0 spiro atoms. The number of rotatable bonds is 5. The van der Waals surface area contributed by atoms with Crippen molar-refractivity contribution in [2.45, 2.75) is 38.5 Å². The van der Waals surface area contributed by atoms with E-state index in [1.54, 1.807) is 17.8 Å². The number of para-hydroxylation sites is 1. The highest BCUT2D eigenvalue weighted by molar-refractivity contribution is 5.89. The molecule has 2 heterocycles. The number of nitrogens with zero attached hydrogens (tertiary/aromatic N) is 5. The third kappa shape index (κ3) is 3.07. The molecule has 1 atom stereocenters. The SMILES string of the molecule is CCOC(=O)c1nn(-c2nccn2-c2ccccc2)c2c1C(CC#N)CCC2. The highest BCUT2D eigenvalue weighted by Gasteiger charge is 2.33. The lowest BCUT2D eigenvalue weighted by Crippen LogP contribution is -2.15. The first kappa shape index (κ1) is 18.0. The quantitative estimate of drug-likeness (QED) is 0.637. The molecule has 7 nitrogen and oxygen atoms in total. The van der Waals surface area contributed by atoms with Gasteiger partial charge in [-0.3, -0.25) is 4.57 Å². The Hall–Kier alpha value is -3.40. The number of fused-ring (bicyclic) bond motifs is 1. The number of ether oxygens (including phenoxy) is 1. The van der Waals surface area contributed by atoms with Crippen molar-refractivity contribution in [1.82, 2.24) is 19.3 Å². The van der Waals surface area contributed by atoms with Gasteiger partial charge in [-0.05, 0) is 38.3 Å². The van der Waals surface area contributed by atoms with Crippen LogP contribution in [0.4, 0.5) is 0 Å². The van der Waals surface area contributed by atoms with Crippen LogP contribution in [0.2, 0.25) is 0 Å².